The van der Waals surface area contributed by atoms with Gasteiger partial charge in [-0.2, -0.15) is 5.26 Å². The molecule has 166 valence electrons. The summed E-state index contributed by atoms with van der Waals surface area (Å²) in [7, 11) is 0. The lowest BCUT2D eigenvalue weighted by Crippen LogP contribution is -2.21. The van der Waals surface area contributed by atoms with Crippen molar-refractivity contribution in [2.24, 2.45) is 0 Å². The number of carbonyl (C=O) groups is 2. The molecule has 0 aliphatic carbocycles. The molecule has 8 heteroatoms. The molecule has 0 saturated heterocycles. The maximum atomic E-state index is 12.6. The third-order valence-corrected chi connectivity index (χ3v) is 5.26. The summed E-state index contributed by atoms with van der Waals surface area (Å²) < 4.78 is 6.41. The summed E-state index contributed by atoms with van der Waals surface area (Å²) >= 11 is 9.24. The molecule has 0 aliphatic rings. The van der Waals surface area contributed by atoms with Crippen LogP contribution >= 0.6 is 27.5 Å². The van der Waals surface area contributed by atoms with Gasteiger partial charge in [-0.25, -0.2) is 0 Å². The summed E-state index contributed by atoms with van der Waals surface area (Å²) in [5.41, 5.74) is 2.48. The summed E-state index contributed by atoms with van der Waals surface area (Å²) in [6.45, 7) is 1.66. The highest BCUT2D eigenvalue weighted by Crippen LogP contribution is 2.26. The number of rotatable bonds is 7. The van der Waals surface area contributed by atoms with Crippen LogP contribution in [0.15, 0.2) is 76.8 Å². The van der Waals surface area contributed by atoms with Crippen molar-refractivity contribution in [1.82, 2.24) is 0 Å². The van der Waals surface area contributed by atoms with E-state index in [0.29, 0.717) is 27.7 Å². The molecule has 0 bridgehead atoms. The number of ether oxygens (including phenoxy) is 1. The lowest BCUT2D eigenvalue weighted by Gasteiger charge is -2.12. The number of carbonyl (C=O) groups excluding carboxylic acids is 2. The van der Waals surface area contributed by atoms with E-state index in [1.54, 1.807) is 48.5 Å². The topological polar surface area (TPSA) is 91.2 Å². The van der Waals surface area contributed by atoms with Crippen LogP contribution in [0.1, 0.15) is 11.1 Å². The van der Waals surface area contributed by atoms with E-state index in [2.05, 4.69) is 26.6 Å². The van der Waals surface area contributed by atoms with Gasteiger partial charge in [0.2, 0.25) is 0 Å². The number of halogens is 2. The van der Waals surface area contributed by atoms with Crippen molar-refractivity contribution in [2.45, 2.75) is 6.92 Å². The zero-order chi connectivity index (χ0) is 23.8. The van der Waals surface area contributed by atoms with E-state index >= 15 is 0 Å². The van der Waals surface area contributed by atoms with Gasteiger partial charge >= 0.3 is 0 Å². The van der Waals surface area contributed by atoms with Gasteiger partial charge in [0.25, 0.3) is 11.8 Å². The molecule has 33 heavy (non-hydrogen) atoms. The van der Waals surface area contributed by atoms with E-state index in [1.165, 1.54) is 6.08 Å². The van der Waals surface area contributed by atoms with Crippen LogP contribution in [-0.2, 0) is 9.59 Å². The molecule has 2 N–H and O–H groups in total. The molecule has 3 aromatic rings. The quantitative estimate of drug-likeness (QED) is 0.294. The van der Waals surface area contributed by atoms with Gasteiger partial charge < -0.3 is 15.4 Å². The molecule has 0 atom stereocenters. The number of hydrogen-bond donors (Lipinski definition) is 2. The Morgan fingerprint density at radius 2 is 1.82 bits per heavy atom. The highest BCUT2D eigenvalue weighted by Gasteiger charge is 2.13. The number of anilines is 2. The molecule has 3 rings (SSSR count). The van der Waals surface area contributed by atoms with Gasteiger partial charge in [-0.05, 0) is 67.1 Å². The third kappa shape index (κ3) is 6.94. The number of para-hydroxylation sites is 1. The monoisotopic (exact) mass is 523 g/mol. The average molecular weight is 525 g/mol. The van der Waals surface area contributed by atoms with E-state index in [1.807, 2.05) is 31.2 Å². The summed E-state index contributed by atoms with van der Waals surface area (Å²) in [5, 5.41) is 15.5. The first-order valence-corrected chi connectivity index (χ1v) is 11.0. The molecule has 3 aromatic carbocycles. The zero-order valence-corrected chi connectivity index (χ0v) is 19.9. The molecule has 0 unspecified atom stereocenters. The van der Waals surface area contributed by atoms with Crippen molar-refractivity contribution in [3.8, 4) is 11.8 Å². The van der Waals surface area contributed by atoms with Crippen molar-refractivity contribution in [3.05, 3.63) is 92.9 Å². The molecule has 0 radical (unpaired) electrons. The number of hydrogen-bond acceptors (Lipinski definition) is 4. The molecule has 2 amide bonds. The average Bonchev–Trinajstić information content (AvgIpc) is 2.79. The first-order chi connectivity index (χ1) is 15.9. The molecule has 0 aliphatic heterocycles. The lowest BCUT2D eigenvalue weighted by molar-refractivity contribution is -0.118. The van der Waals surface area contributed by atoms with Crippen LogP contribution in [0.3, 0.4) is 0 Å². The van der Waals surface area contributed by atoms with Crippen LogP contribution in [0.2, 0.25) is 5.02 Å². The fourth-order valence-electron chi connectivity index (χ4n) is 2.84. The second-order valence-corrected chi connectivity index (χ2v) is 8.32. The van der Waals surface area contributed by atoms with E-state index in [0.717, 1.165) is 10.0 Å². The molecular formula is C25H19BrClN3O3. The second kappa shape index (κ2) is 11.3. The van der Waals surface area contributed by atoms with Crippen LogP contribution < -0.4 is 15.4 Å². The molecule has 0 aromatic heterocycles. The van der Waals surface area contributed by atoms with Crippen LogP contribution in [0, 0.1) is 18.3 Å². The minimum absolute atomic E-state index is 0.128. The Bertz CT molecular complexity index is 1250. The number of amides is 2. The van der Waals surface area contributed by atoms with E-state index < -0.39 is 5.91 Å². The van der Waals surface area contributed by atoms with Crippen LogP contribution in [0.4, 0.5) is 11.4 Å². The predicted octanol–water partition coefficient (Wildman–Crippen LogP) is 5.97. The number of aryl methyl sites for hydroxylation is 1. The zero-order valence-electron chi connectivity index (χ0n) is 17.6. The van der Waals surface area contributed by atoms with Gasteiger partial charge in [-0.1, -0.05) is 45.7 Å². The fraction of sp³-hybridized carbons (Fsp3) is 0.0800. The highest BCUT2D eigenvalue weighted by atomic mass is 79.9. The van der Waals surface area contributed by atoms with E-state index in [-0.39, 0.29) is 18.1 Å². The third-order valence-electron chi connectivity index (χ3n) is 4.52. The van der Waals surface area contributed by atoms with Crippen molar-refractivity contribution < 1.29 is 14.3 Å². The molecule has 6 nitrogen and oxygen atoms in total. The molecule has 0 fully saturated rings. The van der Waals surface area contributed by atoms with Crippen LogP contribution in [0.25, 0.3) is 6.08 Å². The SMILES string of the molecule is Cc1ccccc1NC(=O)COc1ccc(Br)cc1/C=C(/C#N)C(=O)Nc1ccc(Cl)cc1. The summed E-state index contributed by atoms with van der Waals surface area (Å²) in [5.74, 6) is -0.559. The number of nitriles is 1. The minimum Gasteiger partial charge on any atom is -0.483 e. The smallest absolute Gasteiger partial charge is 0.266 e. The summed E-state index contributed by atoms with van der Waals surface area (Å²) in [6.07, 6.45) is 1.41. The van der Waals surface area contributed by atoms with Crippen LogP contribution in [0.5, 0.6) is 5.75 Å². The maximum absolute atomic E-state index is 12.6. The van der Waals surface area contributed by atoms with Crippen molar-refractivity contribution in [3.63, 3.8) is 0 Å². The fourth-order valence-corrected chi connectivity index (χ4v) is 3.35. The number of benzene rings is 3. The molecule has 0 spiro atoms. The highest BCUT2D eigenvalue weighted by molar-refractivity contribution is 9.10. The molecule has 0 saturated carbocycles. The van der Waals surface area contributed by atoms with Gasteiger partial charge in [0.15, 0.2) is 6.61 Å². The Hall–Kier alpha value is -3.60. The predicted molar refractivity (Wildman–Crippen MR) is 133 cm³/mol. The van der Waals surface area contributed by atoms with Gasteiger partial charge in [0.1, 0.15) is 17.4 Å². The largest absolute Gasteiger partial charge is 0.483 e. The van der Waals surface area contributed by atoms with Crippen molar-refractivity contribution in [2.75, 3.05) is 17.2 Å². The minimum atomic E-state index is -0.581. The first-order valence-electron chi connectivity index (χ1n) is 9.82. The normalized spacial score (nSPS) is 10.8. The van der Waals surface area contributed by atoms with Gasteiger partial charge in [0, 0.05) is 26.4 Å². The summed E-state index contributed by atoms with van der Waals surface area (Å²) in [6, 6.07) is 21.0. The second-order valence-electron chi connectivity index (χ2n) is 6.96. The first kappa shape index (κ1) is 24.1. The number of nitrogens with zero attached hydrogens (tertiary/aromatic N) is 1. The lowest BCUT2D eigenvalue weighted by atomic mass is 10.1. The standard InChI is InChI=1S/C25H19BrClN3O3/c1-16-4-2-3-5-22(16)30-24(31)15-33-23-11-6-19(26)13-17(23)12-18(14-28)25(32)29-21-9-7-20(27)8-10-21/h2-13H,15H2,1H3,(H,29,32)(H,30,31)/b18-12-. The Balaban J connectivity index is 1.75. The molecule has 0 heterocycles. The van der Waals surface area contributed by atoms with Gasteiger partial charge in [-0.3, -0.25) is 9.59 Å². The van der Waals surface area contributed by atoms with Crippen LogP contribution in [-0.4, -0.2) is 18.4 Å². The maximum Gasteiger partial charge on any atom is 0.266 e. The Morgan fingerprint density at radius 3 is 2.52 bits per heavy atom. The Labute approximate surface area is 205 Å². The molecular weight excluding hydrogens is 506 g/mol. The Morgan fingerprint density at radius 1 is 1.09 bits per heavy atom. The van der Waals surface area contributed by atoms with Gasteiger partial charge in [0.05, 0.1) is 0 Å². The Kier molecular flexibility index (Phi) is 8.25. The van der Waals surface area contributed by atoms with Crippen molar-refractivity contribution >= 4 is 56.8 Å². The van der Waals surface area contributed by atoms with E-state index in [9.17, 15) is 14.9 Å². The number of nitrogens with one attached hydrogen (secondary N) is 2. The van der Waals surface area contributed by atoms with Crippen molar-refractivity contribution in [1.29, 1.82) is 5.26 Å². The van der Waals surface area contributed by atoms with Gasteiger partial charge in [-0.15, -0.1) is 0 Å². The summed E-state index contributed by atoms with van der Waals surface area (Å²) in [4.78, 5) is 24.9. The van der Waals surface area contributed by atoms with E-state index in [4.69, 9.17) is 16.3 Å².